The summed E-state index contributed by atoms with van der Waals surface area (Å²) < 4.78 is 16.7. The first kappa shape index (κ1) is 21.7. The first-order chi connectivity index (χ1) is 16.8. The van der Waals surface area contributed by atoms with Crippen LogP contribution < -0.4 is 11.1 Å². The summed E-state index contributed by atoms with van der Waals surface area (Å²) in [6.45, 7) is 1.64. The molecule has 180 valence electrons. The monoisotopic (exact) mass is 476 g/mol. The average Bonchev–Trinajstić information content (AvgIpc) is 3.65. The van der Waals surface area contributed by atoms with Gasteiger partial charge in [0.2, 0.25) is 11.8 Å². The molecule has 3 aliphatic rings. The van der Waals surface area contributed by atoms with Gasteiger partial charge < -0.3 is 16.0 Å². The lowest BCUT2D eigenvalue weighted by molar-refractivity contribution is -0.140. The van der Waals surface area contributed by atoms with E-state index in [1.807, 2.05) is 6.07 Å². The average molecular weight is 477 g/mol. The van der Waals surface area contributed by atoms with Crippen LogP contribution in [0.1, 0.15) is 41.0 Å². The van der Waals surface area contributed by atoms with Gasteiger partial charge in [-0.1, -0.05) is 30.3 Å². The maximum atomic E-state index is 15.3. The van der Waals surface area contributed by atoms with Crippen molar-refractivity contribution in [1.82, 2.24) is 25.0 Å². The van der Waals surface area contributed by atoms with E-state index in [1.165, 1.54) is 4.68 Å². The molecule has 9 nitrogen and oxygen atoms in total. The van der Waals surface area contributed by atoms with E-state index in [0.29, 0.717) is 28.6 Å². The summed E-state index contributed by atoms with van der Waals surface area (Å²) in [7, 11) is 0. The molecule has 35 heavy (non-hydrogen) atoms. The molecule has 10 heteroatoms. The lowest BCUT2D eigenvalue weighted by Gasteiger charge is -2.27. The molecule has 3 fully saturated rings. The Morgan fingerprint density at radius 3 is 2.74 bits per heavy atom. The number of likely N-dealkylation sites (tertiary alicyclic amines) is 1. The van der Waals surface area contributed by atoms with Gasteiger partial charge in [0.15, 0.2) is 11.4 Å². The second-order valence-corrected chi connectivity index (χ2v) is 9.82. The summed E-state index contributed by atoms with van der Waals surface area (Å²) >= 11 is 0. The molecular weight excluding hydrogens is 451 g/mol. The van der Waals surface area contributed by atoms with Gasteiger partial charge in [0.1, 0.15) is 12.6 Å². The van der Waals surface area contributed by atoms with Crippen molar-refractivity contribution in [3.05, 3.63) is 59.5 Å². The van der Waals surface area contributed by atoms with Crippen molar-refractivity contribution in [3.8, 4) is 0 Å². The van der Waals surface area contributed by atoms with Gasteiger partial charge in [-0.15, -0.1) is 0 Å². The van der Waals surface area contributed by atoms with Gasteiger partial charge in [-0.2, -0.15) is 5.10 Å². The molecule has 2 saturated carbocycles. The number of piperidine rings is 1. The number of nitrogens with one attached hydrogen (secondary N) is 1. The summed E-state index contributed by atoms with van der Waals surface area (Å²) in [6, 6.07) is 9.27. The summed E-state index contributed by atoms with van der Waals surface area (Å²) in [5.74, 6) is -1.02. The Kier molecular flexibility index (Phi) is 4.71. The molecule has 3 amide bonds. The molecule has 1 aliphatic heterocycles. The lowest BCUT2D eigenvalue weighted by Crippen LogP contribution is -2.50. The van der Waals surface area contributed by atoms with Crippen LogP contribution in [0.25, 0.3) is 10.9 Å². The molecule has 0 spiro atoms. The largest absolute Gasteiger partial charge is 0.364 e. The van der Waals surface area contributed by atoms with Crippen molar-refractivity contribution in [3.63, 3.8) is 0 Å². The number of primary amides is 1. The summed E-state index contributed by atoms with van der Waals surface area (Å²) in [5, 5.41) is 7.63. The Morgan fingerprint density at radius 1 is 1.23 bits per heavy atom. The lowest BCUT2D eigenvalue weighted by atomic mass is 10.1. The molecule has 3 heterocycles. The first-order valence-corrected chi connectivity index (χ1v) is 11.7. The highest BCUT2D eigenvalue weighted by Gasteiger charge is 2.60. The highest BCUT2D eigenvalue weighted by Crippen LogP contribution is 2.51. The number of carbonyl (C=O) groups is 3. The van der Waals surface area contributed by atoms with Crippen LogP contribution in [0.4, 0.5) is 4.39 Å². The Balaban J connectivity index is 1.20. The third kappa shape index (κ3) is 3.55. The Morgan fingerprint density at radius 2 is 2.00 bits per heavy atom. The third-order valence-electron chi connectivity index (χ3n) is 7.45. The number of rotatable bonds is 6. The maximum Gasteiger partial charge on any atom is 0.269 e. The van der Waals surface area contributed by atoms with Crippen molar-refractivity contribution in [2.24, 2.45) is 11.7 Å². The predicted molar refractivity (Wildman–Crippen MR) is 124 cm³/mol. The fourth-order valence-electron chi connectivity index (χ4n) is 5.44. The topological polar surface area (TPSA) is 123 Å². The van der Waals surface area contributed by atoms with E-state index >= 15 is 4.39 Å². The number of aromatic nitrogens is 3. The molecule has 0 radical (unpaired) electrons. The van der Waals surface area contributed by atoms with Crippen LogP contribution in [0.5, 0.6) is 0 Å². The number of nitrogens with zero attached hydrogens (tertiary/aromatic N) is 4. The molecule has 3 N–H and O–H groups in total. The standard InChI is InChI=1S/C25H25FN6O3/c1-13-7-16-19(11-28-13)31(30-22(16)23(27)34)12-21(33)32-17-8-14(17)9-18(32)24(35)29-20-10-25(20,26)15-5-3-2-4-6-15/h2-7,11,14,17-18,20H,8-10,12H2,1H3,(H2,27,34)(H,29,35)/t14?,17-,18+,20+,25+/m1/s1. The number of benzene rings is 1. The van der Waals surface area contributed by atoms with Crippen molar-refractivity contribution >= 4 is 28.6 Å². The van der Waals surface area contributed by atoms with E-state index < -0.39 is 23.7 Å². The Bertz CT molecular complexity index is 1370. The second kappa shape index (κ2) is 7.59. The van der Waals surface area contributed by atoms with E-state index in [-0.39, 0.29) is 42.4 Å². The van der Waals surface area contributed by atoms with Gasteiger partial charge in [0, 0.05) is 23.5 Å². The van der Waals surface area contributed by atoms with Gasteiger partial charge in [-0.25, -0.2) is 4.39 Å². The van der Waals surface area contributed by atoms with Crippen LogP contribution in [0, 0.1) is 12.8 Å². The van der Waals surface area contributed by atoms with E-state index in [4.69, 9.17) is 5.73 Å². The zero-order valence-electron chi connectivity index (χ0n) is 19.1. The number of nitrogens with two attached hydrogens (primary N) is 1. The number of hydrogen-bond donors (Lipinski definition) is 2. The van der Waals surface area contributed by atoms with Crippen LogP contribution in [-0.4, -0.2) is 55.5 Å². The molecule has 0 bridgehead atoms. The number of pyridine rings is 1. The smallest absolute Gasteiger partial charge is 0.269 e. The molecule has 6 rings (SSSR count). The fourth-order valence-corrected chi connectivity index (χ4v) is 5.44. The first-order valence-electron chi connectivity index (χ1n) is 11.7. The maximum absolute atomic E-state index is 15.3. The molecule has 3 aromatic rings. The van der Waals surface area contributed by atoms with Gasteiger partial charge in [-0.3, -0.25) is 24.0 Å². The van der Waals surface area contributed by atoms with Crippen LogP contribution in [0.3, 0.4) is 0 Å². The normalized spacial score (nSPS) is 28.6. The number of fused-ring (bicyclic) bond motifs is 2. The Labute approximate surface area is 200 Å². The number of aryl methyl sites for hydroxylation is 1. The molecular formula is C25H25FN6O3. The molecule has 1 aromatic carbocycles. The molecule has 1 saturated heterocycles. The number of amides is 3. The molecule has 2 aliphatic carbocycles. The second-order valence-electron chi connectivity index (χ2n) is 9.82. The minimum Gasteiger partial charge on any atom is -0.364 e. The van der Waals surface area contributed by atoms with E-state index in [0.717, 1.165) is 6.42 Å². The van der Waals surface area contributed by atoms with Crippen molar-refractivity contribution in [1.29, 1.82) is 0 Å². The molecule has 2 aromatic heterocycles. The quantitative estimate of drug-likeness (QED) is 0.559. The highest BCUT2D eigenvalue weighted by molar-refractivity contribution is 6.04. The van der Waals surface area contributed by atoms with Crippen LogP contribution in [0.15, 0.2) is 42.6 Å². The van der Waals surface area contributed by atoms with Crippen molar-refractivity contribution < 1.29 is 18.8 Å². The molecule has 1 unspecified atom stereocenters. The van der Waals surface area contributed by atoms with E-state index in [2.05, 4.69) is 15.4 Å². The minimum absolute atomic E-state index is 0.000447. The molecule has 5 atom stereocenters. The zero-order chi connectivity index (χ0) is 24.5. The van der Waals surface area contributed by atoms with Crippen molar-refractivity contribution in [2.45, 2.75) is 56.5 Å². The summed E-state index contributed by atoms with van der Waals surface area (Å²) in [4.78, 5) is 44.3. The van der Waals surface area contributed by atoms with Gasteiger partial charge in [-0.05, 0) is 37.3 Å². The summed E-state index contributed by atoms with van der Waals surface area (Å²) in [5.41, 5.74) is 5.76. The van der Waals surface area contributed by atoms with Gasteiger partial charge in [0.05, 0.1) is 17.8 Å². The number of hydrogen-bond acceptors (Lipinski definition) is 5. The number of halogens is 1. The number of alkyl halides is 1. The van der Waals surface area contributed by atoms with Crippen LogP contribution in [-0.2, 0) is 21.8 Å². The SMILES string of the molecule is Cc1cc2c(C(N)=O)nn(CC(=O)N3[C@@H]4CC4C[C@H]3C(=O)N[C@H]3C[C@]3(F)c3ccccc3)c2cn1. The predicted octanol–water partition coefficient (Wildman–Crippen LogP) is 1.58. The van der Waals surface area contributed by atoms with Gasteiger partial charge in [0.25, 0.3) is 5.91 Å². The minimum atomic E-state index is -1.57. The van der Waals surface area contributed by atoms with Gasteiger partial charge >= 0.3 is 0 Å². The number of carbonyl (C=O) groups excluding carboxylic acids is 3. The Hall–Kier alpha value is -3.82. The van der Waals surface area contributed by atoms with Crippen LogP contribution >= 0.6 is 0 Å². The fraction of sp³-hybridized carbons (Fsp3) is 0.400. The zero-order valence-corrected chi connectivity index (χ0v) is 19.1. The van der Waals surface area contributed by atoms with E-state index in [9.17, 15) is 14.4 Å². The van der Waals surface area contributed by atoms with Crippen molar-refractivity contribution in [2.75, 3.05) is 0 Å². The highest BCUT2D eigenvalue weighted by atomic mass is 19.1. The van der Waals surface area contributed by atoms with Crippen LogP contribution in [0.2, 0.25) is 0 Å². The van der Waals surface area contributed by atoms with E-state index in [1.54, 1.807) is 48.4 Å². The summed E-state index contributed by atoms with van der Waals surface area (Å²) in [6.07, 6.45) is 3.19. The third-order valence-corrected chi connectivity index (χ3v) is 7.45.